The molecule has 2 rings (SSSR count). The Hall–Kier alpha value is -0.00571. The summed E-state index contributed by atoms with van der Waals surface area (Å²) in [5.41, 5.74) is 5.92. The normalized spacial score (nSPS) is 13.2. The minimum absolute atomic E-state index is 0. The molecule has 1 aliphatic rings. The molecule has 0 fully saturated rings. The van der Waals surface area contributed by atoms with Crippen LogP contribution in [0.25, 0.3) is 0 Å². The van der Waals surface area contributed by atoms with Crippen LogP contribution in [-0.4, -0.2) is 0 Å². The van der Waals surface area contributed by atoms with Gasteiger partial charge >= 0.3 is 120 Å². The predicted octanol–water partition coefficient (Wildman–Crippen LogP) is -1.22. The maximum Gasteiger partial charge on any atom is -1.00 e. The average molecular weight is 345 g/mol. The molecule has 0 amide bonds. The van der Waals surface area contributed by atoms with Gasteiger partial charge in [-0.3, -0.25) is 0 Å². The molecule has 0 saturated carbocycles. The molecule has 3 heteroatoms. The van der Waals surface area contributed by atoms with Gasteiger partial charge in [-0.2, -0.15) is 0 Å². The van der Waals surface area contributed by atoms with Crippen molar-refractivity contribution in [1.82, 2.24) is 0 Å². The third-order valence-electron chi connectivity index (χ3n) is 3.98. The van der Waals surface area contributed by atoms with Crippen LogP contribution in [0.15, 0.2) is 34.2 Å². The molecule has 0 N–H and O–H groups in total. The second-order valence-electron chi connectivity index (χ2n) is 5.75. The fraction of sp³-hybridized carbons (Fsp3) is 0.412. The molecule has 0 unspecified atom stereocenters. The Kier molecular flexibility index (Phi) is 7.85. The molecule has 0 saturated heterocycles. The summed E-state index contributed by atoms with van der Waals surface area (Å²) in [7, 11) is 0. The van der Waals surface area contributed by atoms with E-state index in [4.69, 9.17) is 0 Å². The summed E-state index contributed by atoms with van der Waals surface area (Å²) in [6, 6.07) is 4.64. The average Bonchev–Trinajstić information content (AvgIpc) is 2.77. The van der Waals surface area contributed by atoms with Gasteiger partial charge in [0.15, 0.2) is 0 Å². The number of hydrogen-bond donors (Lipinski definition) is 0. The van der Waals surface area contributed by atoms with Crippen LogP contribution < -0.4 is 24.8 Å². The van der Waals surface area contributed by atoms with Gasteiger partial charge in [-0.15, -0.1) is 0 Å². The van der Waals surface area contributed by atoms with Crippen molar-refractivity contribution in [3.8, 4) is 0 Å². The molecule has 1 aromatic rings. The van der Waals surface area contributed by atoms with E-state index in [1.54, 1.807) is 9.44 Å². The van der Waals surface area contributed by atoms with E-state index in [2.05, 4.69) is 65.0 Å². The first-order valence-electron chi connectivity index (χ1n) is 6.63. The number of benzene rings is 1. The summed E-state index contributed by atoms with van der Waals surface area (Å²) in [4.78, 5) is 0. The van der Waals surface area contributed by atoms with Gasteiger partial charge in [-0.05, 0) is 0 Å². The number of allylic oxidation sites excluding steroid dienone is 4. The van der Waals surface area contributed by atoms with E-state index in [9.17, 15) is 0 Å². The van der Waals surface area contributed by atoms with Crippen molar-refractivity contribution >= 4 is 0 Å². The second kappa shape index (κ2) is 7.85. The smallest absolute Gasteiger partial charge is 1.00 e. The van der Waals surface area contributed by atoms with Crippen molar-refractivity contribution in [2.75, 3.05) is 0 Å². The fourth-order valence-electron chi connectivity index (χ4n) is 2.64. The largest absolute Gasteiger partial charge is 1.00 e. The van der Waals surface area contributed by atoms with Crippen molar-refractivity contribution in [1.29, 1.82) is 0 Å². The summed E-state index contributed by atoms with van der Waals surface area (Å²) in [5, 5.41) is 0. The molecule has 108 valence electrons. The van der Waals surface area contributed by atoms with Crippen LogP contribution in [0.2, 0.25) is 0 Å². The van der Waals surface area contributed by atoms with Crippen LogP contribution in [0.3, 0.4) is 0 Å². The van der Waals surface area contributed by atoms with Crippen molar-refractivity contribution in [3.63, 3.8) is 0 Å². The first kappa shape index (κ1) is 20.0. The van der Waals surface area contributed by atoms with E-state index >= 15 is 0 Å². The Balaban J connectivity index is 0.00000180. The Morgan fingerprint density at radius 2 is 1.65 bits per heavy atom. The third kappa shape index (κ3) is 4.24. The van der Waals surface area contributed by atoms with Crippen molar-refractivity contribution in [2.45, 2.75) is 44.8 Å². The molecule has 0 aromatic heterocycles. The first-order chi connectivity index (χ1) is 8.42. The summed E-state index contributed by atoms with van der Waals surface area (Å²) in [6.45, 7) is 11.6. The monoisotopic (exact) mass is 344 g/mol. The first-order valence-corrected chi connectivity index (χ1v) is 8.19. The van der Waals surface area contributed by atoms with Gasteiger partial charge in [-0.25, -0.2) is 0 Å². The molecule has 1 aliphatic carbocycles. The van der Waals surface area contributed by atoms with Crippen molar-refractivity contribution in [2.24, 2.45) is 0 Å². The van der Waals surface area contributed by atoms with Crippen LogP contribution in [0, 0.1) is 20.8 Å². The van der Waals surface area contributed by atoms with Crippen LogP contribution in [-0.2, 0) is 22.9 Å². The van der Waals surface area contributed by atoms with Crippen molar-refractivity contribution < 1.29 is 44.0 Å². The van der Waals surface area contributed by atoms with Gasteiger partial charge in [0.1, 0.15) is 0 Å². The molecule has 0 nitrogen and oxygen atoms in total. The molecular formula is C17H22Cl2Ti. The molecule has 0 bridgehead atoms. The molecule has 0 atom stereocenters. The van der Waals surface area contributed by atoms with Gasteiger partial charge < -0.3 is 24.8 Å². The number of halogens is 2. The molecule has 1 aromatic carbocycles. The van der Waals surface area contributed by atoms with Crippen molar-refractivity contribution in [3.05, 3.63) is 56.5 Å². The SMILES string of the molecule is Cc1ccc([C](C)(C)[Ti+2][C]2=CC=CC2)c(C)c1C.[Cl-].[Cl-]. The Bertz CT molecular complexity index is 528. The molecule has 0 aliphatic heterocycles. The van der Waals surface area contributed by atoms with E-state index in [-0.39, 0.29) is 44.0 Å². The van der Waals surface area contributed by atoms with Crippen LogP contribution in [0.1, 0.15) is 42.5 Å². The zero-order valence-corrected chi connectivity index (χ0v) is 15.9. The quantitative estimate of drug-likeness (QED) is 0.603. The van der Waals surface area contributed by atoms with E-state index in [0.717, 1.165) is 0 Å². The summed E-state index contributed by atoms with van der Waals surface area (Å²) in [6.07, 6.45) is 8.01. The topological polar surface area (TPSA) is 0 Å². The number of rotatable bonds is 3. The van der Waals surface area contributed by atoms with Gasteiger partial charge in [-0.1, -0.05) is 0 Å². The van der Waals surface area contributed by atoms with Gasteiger partial charge in [0.05, 0.1) is 0 Å². The number of hydrogen-bond acceptors (Lipinski definition) is 0. The van der Waals surface area contributed by atoms with Crippen LogP contribution in [0.5, 0.6) is 0 Å². The zero-order valence-electron chi connectivity index (χ0n) is 12.8. The van der Waals surface area contributed by atoms with Gasteiger partial charge in [0.2, 0.25) is 0 Å². The molecule has 0 heterocycles. The van der Waals surface area contributed by atoms with E-state index < -0.39 is 0 Å². The van der Waals surface area contributed by atoms with Gasteiger partial charge in [0.25, 0.3) is 0 Å². The van der Waals surface area contributed by atoms with E-state index in [1.165, 1.54) is 23.1 Å². The predicted molar refractivity (Wildman–Crippen MR) is 75.5 cm³/mol. The van der Waals surface area contributed by atoms with E-state index in [1.807, 2.05) is 0 Å². The van der Waals surface area contributed by atoms with Crippen LogP contribution in [0.4, 0.5) is 0 Å². The number of aryl methyl sites for hydroxylation is 1. The maximum absolute atomic E-state index is 2.42. The Labute approximate surface area is 144 Å². The molecule has 0 spiro atoms. The minimum atomic E-state index is -0.0947. The zero-order chi connectivity index (χ0) is 13.3. The summed E-state index contributed by atoms with van der Waals surface area (Å²) in [5.74, 6) is 0. The fourth-order valence-corrected chi connectivity index (χ4v) is 5.15. The van der Waals surface area contributed by atoms with Crippen LogP contribution >= 0.6 is 0 Å². The maximum atomic E-state index is 2.42. The Morgan fingerprint density at radius 1 is 1.00 bits per heavy atom. The Morgan fingerprint density at radius 3 is 2.20 bits per heavy atom. The summed E-state index contributed by atoms with van der Waals surface area (Å²) < 4.78 is 2.03. The van der Waals surface area contributed by atoms with E-state index in [0.29, 0.717) is 3.72 Å². The molecule has 20 heavy (non-hydrogen) atoms. The molecule has 0 radical (unpaired) electrons. The summed E-state index contributed by atoms with van der Waals surface area (Å²) >= 11 is -0.0947. The standard InChI is InChI=1S/C12H17.C5H5.2ClH.Ti/c1-8(2)12-7-6-9(3)10(4)11(12)5;1-2-4-5-3-1;;;/h6-7H,1-5H3;1-3H,4H2;2*1H;/q;;;;+2/p-2. The third-order valence-corrected chi connectivity index (χ3v) is 6.45. The van der Waals surface area contributed by atoms with Gasteiger partial charge in [0, 0.05) is 0 Å². The minimum Gasteiger partial charge on any atom is -1.00 e. The molecular weight excluding hydrogens is 323 g/mol. The second-order valence-corrected chi connectivity index (χ2v) is 9.10.